The zero-order valence-electron chi connectivity index (χ0n) is 20.1. The van der Waals surface area contributed by atoms with Crippen LogP contribution in [-0.2, 0) is 10.5 Å². The Morgan fingerprint density at radius 2 is 1.81 bits per heavy atom. The van der Waals surface area contributed by atoms with Crippen molar-refractivity contribution in [2.75, 3.05) is 56.2 Å². The SMILES string of the molecule is COCCCNC(=O)c1cccc(CSc2nc(Cl)cc(N3CCN(c4cccc(Cl)c4)CC3)n2)c1. The summed E-state index contributed by atoms with van der Waals surface area (Å²) >= 11 is 14.0. The molecule has 1 amide bonds. The number of rotatable bonds is 10. The fourth-order valence-corrected chi connectivity index (χ4v) is 5.16. The summed E-state index contributed by atoms with van der Waals surface area (Å²) in [4.78, 5) is 26.1. The van der Waals surface area contributed by atoms with E-state index in [-0.39, 0.29) is 5.91 Å². The second-order valence-electron chi connectivity index (χ2n) is 8.38. The van der Waals surface area contributed by atoms with Crippen LogP contribution in [0, 0.1) is 0 Å². The van der Waals surface area contributed by atoms with Gasteiger partial charge in [-0.15, -0.1) is 0 Å². The molecule has 36 heavy (non-hydrogen) atoms. The van der Waals surface area contributed by atoms with Crippen LogP contribution in [0.3, 0.4) is 0 Å². The van der Waals surface area contributed by atoms with Crippen LogP contribution in [0.1, 0.15) is 22.3 Å². The summed E-state index contributed by atoms with van der Waals surface area (Å²) in [5.74, 6) is 1.37. The molecule has 0 aliphatic carbocycles. The van der Waals surface area contributed by atoms with Gasteiger partial charge in [-0.2, -0.15) is 0 Å². The van der Waals surface area contributed by atoms with E-state index in [1.165, 1.54) is 11.8 Å². The maximum atomic E-state index is 12.4. The number of amides is 1. The van der Waals surface area contributed by atoms with Gasteiger partial charge in [0.15, 0.2) is 5.16 Å². The highest BCUT2D eigenvalue weighted by Gasteiger charge is 2.20. The molecule has 3 aromatic rings. The molecule has 1 aromatic heterocycles. The van der Waals surface area contributed by atoms with Gasteiger partial charge in [0.05, 0.1) is 0 Å². The molecule has 10 heteroatoms. The molecule has 0 bridgehead atoms. The third kappa shape index (κ3) is 7.49. The number of carbonyl (C=O) groups excluding carboxylic acids is 1. The number of anilines is 2. The summed E-state index contributed by atoms with van der Waals surface area (Å²) in [6.07, 6.45) is 0.780. The Hall–Kier alpha value is -2.52. The fraction of sp³-hybridized carbons (Fsp3) is 0.346. The highest BCUT2D eigenvalue weighted by Crippen LogP contribution is 2.27. The lowest BCUT2D eigenvalue weighted by molar-refractivity contribution is 0.0948. The Balaban J connectivity index is 1.34. The Morgan fingerprint density at radius 3 is 2.58 bits per heavy atom. The van der Waals surface area contributed by atoms with E-state index in [1.807, 2.05) is 48.5 Å². The van der Waals surface area contributed by atoms with Crippen LogP contribution < -0.4 is 15.1 Å². The Labute approximate surface area is 226 Å². The van der Waals surface area contributed by atoms with Gasteiger partial charge in [0.2, 0.25) is 0 Å². The van der Waals surface area contributed by atoms with Crippen molar-refractivity contribution in [3.63, 3.8) is 0 Å². The summed E-state index contributed by atoms with van der Waals surface area (Å²) in [5.41, 5.74) is 2.78. The van der Waals surface area contributed by atoms with Crippen molar-refractivity contribution in [3.8, 4) is 0 Å². The number of hydrogen-bond acceptors (Lipinski definition) is 7. The van der Waals surface area contributed by atoms with E-state index in [4.69, 9.17) is 32.9 Å². The van der Waals surface area contributed by atoms with Gasteiger partial charge in [0.25, 0.3) is 5.91 Å². The van der Waals surface area contributed by atoms with E-state index in [0.29, 0.717) is 34.8 Å². The Bertz CT molecular complexity index is 1170. The van der Waals surface area contributed by atoms with Crippen LogP contribution in [0.4, 0.5) is 11.5 Å². The molecule has 0 radical (unpaired) electrons. The smallest absolute Gasteiger partial charge is 0.251 e. The van der Waals surface area contributed by atoms with Crippen molar-refractivity contribution < 1.29 is 9.53 Å². The molecule has 0 unspecified atom stereocenters. The summed E-state index contributed by atoms with van der Waals surface area (Å²) in [6, 6.07) is 17.4. The normalized spacial score (nSPS) is 13.6. The first kappa shape index (κ1) is 26.5. The molecule has 1 fully saturated rings. The lowest BCUT2D eigenvalue weighted by Gasteiger charge is -2.36. The third-order valence-electron chi connectivity index (χ3n) is 5.81. The van der Waals surface area contributed by atoms with Crippen LogP contribution >= 0.6 is 35.0 Å². The van der Waals surface area contributed by atoms with Crippen LogP contribution in [0.2, 0.25) is 10.2 Å². The second kappa shape index (κ2) is 13.1. The Kier molecular flexibility index (Phi) is 9.69. The molecule has 1 saturated heterocycles. The lowest BCUT2D eigenvalue weighted by atomic mass is 10.1. The van der Waals surface area contributed by atoms with Gasteiger partial charge in [-0.05, 0) is 42.3 Å². The number of ether oxygens (including phenoxy) is 1. The number of aromatic nitrogens is 2. The minimum atomic E-state index is -0.0869. The number of halogens is 2. The maximum absolute atomic E-state index is 12.4. The van der Waals surface area contributed by atoms with Crippen molar-refractivity contribution in [1.29, 1.82) is 0 Å². The number of carbonyl (C=O) groups is 1. The van der Waals surface area contributed by atoms with Crippen molar-refractivity contribution in [2.24, 2.45) is 0 Å². The van der Waals surface area contributed by atoms with Gasteiger partial charge in [-0.25, -0.2) is 9.97 Å². The van der Waals surface area contributed by atoms with E-state index >= 15 is 0 Å². The zero-order chi connectivity index (χ0) is 25.3. The average molecular weight is 547 g/mol. The first-order chi connectivity index (χ1) is 17.5. The van der Waals surface area contributed by atoms with Crippen molar-refractivity contribution in [3.05, 3.63) is 75.9 Å². The van der Waals surface area contributed by atoms with Gasteiger partial charge in [0, 0.05) is 74.5 Å². The second-order valence-corrected chi connectivity index (χ2v) is 10.1. The molecule has 0 atom stereocenters. The standard InChI is InChI=1S/C26H29Cl2N5O2S/c1-35-14-4-9-29-25(34)20-6-2-5-19(15-20)18-36-26-30-23(28)17-24(31-26)33-12-10-32(11-13-33)22-8-3-7-21(27)16-22/h2-3,5-8,15-17H,4,9-14,18H2,1H3,(H,29,34). The van der Waals surface area contributed by atoms with Crippen LogP contribution in [0.5, 0.6) is 0 Å². The number of hydrogen-bond donors (Lipinski definition) is 1. The molecular formula is C26H29Cl2N5O2S. The van der Waals surface area contributed by atoms with E-state index in [2.05, 4.69) is 26.2 Å². The number of nitrogens with zero attached hydrogens (tertiary/aromatic N) is 4. The summed E-state index contributed by atoms with van der Waals surface area (Å²) < 4.78 is 5.02. The third-order valence-corrected chi connectivity index (χ3v) is 7.15. The molecule has 0 spiro atoms. The number of nitrogens with one attached hydrogen (secondary N) is 1. The largest absolute Gasteiger partial charge is 0.385 e. The number of methoxy groups -OCH3 is 1. The quantitative estimate of drug-likeness (QED) is 0.163. The molecule has 7 nitrogen and oxygen atoms in total. The number of thioether (sulfide) groups is 1. The number of piperazine rings is 1. The summed E-state index contributed by atoms with van der Waals surface area (Å²) in [5, 5.41) is 4.70. The number of benzene rings is 2. The van der Waals surface area contributed by atoms with E-state index in [1.54, 1.807) is 7.11 Å². The molecule has 190 valence electrons. The monoisotopic (exact) mass is 545 g/mol. The molecule has 1 aliphatic rings. The van der Waals surface area contributed by atoms with Gasteiger partial charge in [0.1, 0.15) is 11.0 Å². The summed E-state index contributed by atoms with van der Waals surface area (Å²) in [6.45, 7) is 4.58. The Morgan fingerprint density at radius 1 is 1.03 bits per heavy atom. The van der Waals surface area contributed by atoms with Gasteiger partial charge in [-0.3, -0.25) is 4.79 Å². The van der Waals surface area contributed by atoms with Crippen LogP contribution in [-0.4, -0.2) is 62.3 Å². The van der Waals surface area contributed by atoms with Crippen LogP contribution in [0.15, 0.2) is 59.8 Å². The van der Waals surface area contributed by atoms with Gasteiger partial charge < -0.3 is 19.9 Å². The molecule has 4 rings (SSSR count). The fourth-order valence-electron chi connectivity index (χ4n) is 3.95. The van der Waals surface area contributed by atoms with Crippen LogP contribution in [0.25, 0.3) is 0 Å². The molecule has 1 aliphatic heterocycles. The minimum absolute atomic E-state index is 0.0869. The molecule has 2 heterocycles. The van der Waals surface area contributed by atoms with Gasteiger partial charge in [-0.1, -0.05) is 53.2 Å². The van der Waals surface area contributed by atoms with E-state index in [0.717, 1.165) is 54.7 Å². The van der Waals surface area contributed by atoms with E-state index in [9.17, 15) is 4.79 Å². The lowest BCUT2D eigenvalue weighted by Crippen LogP contribution is -2.46. The summed E-state index contributed by atoms with van der Waals surface area (Å²) in [7, 11) is 1.65. The molecular weight excluding hydrogens is 517 g/mol. The zero-order valence-corrected chi connectivity index (χ0v) is 22.5. The van der Waals surface area contributed by atoms with Crippen molar-refractivity contribution >= 4 is 52.4 Å². The van der Waals surface area contributed by atoms with E-state index < -0.39 is 0 Å². The topological polar surface area (TPSA) is 70.6 Å². The first-order valence-electron chi connectivity index (χ1n) is 11.8. The average Bonchev–Trinajstić information content (AvgIpc) is 2.90. The predicted molar refractivity (Wildman–Crippen MR) is 148 cm³/mol. The van der Waals surface area contributed by atoms with Gasteiger partial charge >= 0.3 is 0 Å². The highest BCUT2D eigenvalue weighted by molar-refractivity contribution is 7.98. The first-order valence-corrected chi connectivity index (χ1v) is 13.5. The predicted octanol–water partition coefficient (Wildman–Crippen LogP) is 5.17. The highest BCUT2D eigenvalue weighted by atomic mass is 35.5. The molecule has 2 aromatic carbocycles. The molecule has 1 N–H and O–H groups in total. The maximum Gasteiger partial charge on any atom is 0.251 e. The molecule has 0 saturated carbocycles. The minimum Gasteiger partial charge on any atom is -0.385 e. The van der Waals surface area contributed by atoms with Crippen molar-refractivity contribution in [1.82, 2.24) is 15.3 Å². The van der Waals surface area contributed by atoms with Crippen molar-refractivity contribution in [2.45, 2.75) is 17.3 Å².